The van der Waals surface area contributed by atoms with Crippen molar-refractivity contribution in [1.82, 2.24) is 9.88 Å². The topological polar surface area (TPSA) is 88.8 Å². The van der Waals surface area contributed by atoms with Gasteiger partial charge in [0.05, 0.1) is 12.1 Å². The zero-order valence-corrected chi connectivity index (χ0v) is 21.7. The molecule has 0 fully saturated rings. The minimum absolute atomic E-state index is 0.297. The number of carbonyl (C=O) groups is 1. The van der Waals surface area contributed by atoms with E-state index in [9.17, 15) is 18.0 Å². The third-order valence-electron chi connectivity index (χ3n) is 6.19. The third-order valence-corrected chi connectivity index (χ3v) is 6.68. The summed E-state index contributed by atoms with van der Waals surface area (Å²) in [6, 6.07) is 16.8. The normalized spacial score (nSPS) is 12.6. The number of nitrogens with one attached hydrogen (secondary N) is 2. The average molecular weight is 553 g/mol. The van der Waals surface area contributed by atoms with Gasteiger partial charge in [0.2, 0.25) is 0 Å². The lowest BCUT2D eigenvalue weighted by molar-refractivity contribution is -0.274. The van der Waals surface area contributed by atoms with E-state index >= 15 is 0 Å². The predicted octanol–water partition coefficient (Wildman–Crippen LogP) is 7.43. The first-order chi connectivity index (χ1) is 18.7. The second kappa shape index (κ2) is 10.9. The number of alkyl halides is 3. The Morgan fingerprint density at radius 3 is 2.62 bits per heavy atom. The summed E-state index contributed by atoms with van der Waals surface area (Å²) in [6.45, 7) is 3.92. The van der Waals surface area contributed by atoms with Gasteiger partial charge in [-0.05, 0) is 79.8 Å². The van der Waals surface area contributed by atoms with Crippen LogP contribution in [0.1, 0.15) is 27.8 Å². The van der Waals surface area contributed by atoms with Crippen molar-refractivity contribution in [3.8, 4) is 28.3 Å². The van der Waals surface area contributed by atoms with Gasteiger partial charge in [-0.1, -0.05) is 35.0 Å². The molecule has 4 aromatic rings. The van der Waals surface area contributed by atoms with Gasteiger partial charge in [0.15, 0.2) is 5.76 Å². The van der Waals surface area contributed by atoms with Crippen molar-refractivity contribution in [1.29, 1.82) is 0 Å². The van der Waals surface area contributed by atoms with Gasteiger partial charge < -0.3 is 14.6 Å². The Kier molecular flexibility index (Phi) is 7.34. The Balaban J connectivity index is 1.22. The number of anilines is 1. The molecule has 1 aliphatic rings. The summed E-state index contributed by atoms with van der Waals surface area (Å²) in [4.78, 5) is 12.2. The molecular weight excluding hydrogens is 529 g/mol. The van der Waals surface area contributed by atoms with E-state index in [0.29, 0.717) is 23.4 Å². The van der Waals surface area contributed by atoms with Crippen molar-refractivity contribution >= 4 is 30.1 Å². The summed E-state index contributed by atoms with van der Waals surface area (Å²) < 4.78 is 53.7. The van der Waals surface area contributed by atoms with E-state index in [1.807, 2.05) is 50.2 Å². The highest BCUT2D eigenvalue weighted by atomic mass is 32.2. The number of aryl methyl sites for hydroxylation is 3. The van der Waals surface area contributed by atoms with Crippen LogP contribution in [0.5, 0.6) is 5.75 Å². The number of benzene rings is 3. The predicted molar refractivity (Wildman–Crippen MR) is 145 cm³/mol. The average Bonchev–Trinajstić information content (AvgIpc) is 3.32. The van der Waals surface area contributed by atoms with Gasteiger partial charge in [-0.2, -0.15) is 0 Å². The summed E-state index contributed by atoms with van der Waals surface area (Å²) in [5, 5.41) is 7.05. The number of nitrogens with zero attached hydrogens (tertiary/aromatic N) is 2. The molecule has 0 spiro atoms. The van der Waals surface area contributed by atoms with Crippen LogP contribution in [-0.4, -0.2) is 23.8 Å². The maximum Gasteiger partial charge on any atom is 0.573 e. The van der Waals surface area contributed by atoms with Crippen LogP contribution in [0.3, 0.4) is 0 Å². The quantitative estimate of drug-likeness (QED) is 0.192. The van der Waals surface area contributed by atoms with E-state index < -0.39 is 6.36 Å². The first-order valence-corrected chi connectivity index (χ1v) is 12.8. The van der Waals surface area contributed by atoms with Gasteiger partial charge in [0.1, 0.15) is 11.4 Å². The number of carbonyl (C=O) groups excluding carboxylic acids is 1. The van der Waals surface area contributed by atoms with E-state index in [1.54, 1.807) is 6.21 Å². The molecule has 1 aromatic heterocycles. The Morgan fingerprint density at radius 1 is 1.08 bits per heavy atom. The van der Waals surface area contributed by atoms with Crippen LogP contribution in [0.2, 0.25) is 0 Å². The molecule has 5 rings (SSSR count). The monoisotopic (exact) mass is 552 g/mol. The van der Waals surface area contributed by atoms with Gasteiger partial charge in [-0.15, -0.1) is 13.2 Å². The minimum Gasteiger partial charge on any atom is -0.406 e. The highest BCUT2D eigenvalue weighted by molar-refractivity contribution is 7.96. The molecule has 0 unspecified atom stereocenters. The SMILES string of the molecule is Cc1ccc(NC(=O)NS/N=C/c2ccc3c(c2)CCc2c-3noc2-c2ccc(OC(F)(F)F)cc2)c(C)c1. The van der Waals surface area contributed by atoms with Gasteiger partial charge >= 0.3 is 12.4 Å². The molecule has 0 atom stereocenters. The number of hydrogen-bond donors (Lipinski definition) is 2. The van der Waals surface area contributed by atoms with E-state index in [1.165, 1.54) is 24.3 Å². The highest BCUT2D eigenvalue weighted by Crippen LogP contribution is 2.39. The van der Waals surface area contributed by atoms with Crippen molar-refractivity contribution in [2.24, 2.45) is 4.40 Å². The van der Waals surface area contributed by atoms with Crippen molar-refractivity contribution in [2.45, 2.75) is 33.1 Å². The lowest BCUT2D eigenvalue weighted by atomic mass is 9.87. The van der Waals surface area contributed by atoms with Crippen LogP contribution in [0.4, 0.5) is 23.7 Å². The minimum atomic E-state index is -4.75. The van der Waals surface area contributed by atoms with E-state index in [4.69, 9.17) is 4.52 Å². The lowest BCUT2D eigenvalue weighted by Crippen LogP contribution is -2.22. The van der Waals surface area contributed by atoms with E-state index in [-0.39, 0.29) is 11.8 Å². The fourth-order valence-electron chi connectivity index (χ4n) is 4.44. The number of aromatic nitrogens is 1. The van der Waals surface area contributed by atoms with Crippen LogP contribution < -0.4 is 14.8 Å². The second-order valence-corrected chi connectivity index (χ2v) is 9.63. The number of amides is 2. The first-order valence-electron chi connectivity index (χ1n) is 12.0. The van der Waals surface area contributed by atoms with Gasteiger partial charge in [0, 0.05) is 28.6 Å². The van der Waals surface area contributed by atoms with Crippen LogP contribution in [0.25, 0.3) is 22.6 Å². The number of halogens is 3. The van der Waals surface area contributed by atoms with Crippen LogP contribution in [0.15, 0.2) is 69.6 Å². The molecule has 0 saturated carbocycles. The largest absolute Gasteiger partial charge is 0.573 e. The molecule has 2 amide bonds. The maximum absolute atomic E-state index is 12.4. The Labute approximate surface area is 226 Å². The lowest BCUT2D eigenvalue weighted by Gasteiger charge is -2.15. The second-order valence-electron chi connectivity index (χ2n) is 9.03. The Hall–Kier alpha value is -4.25. The molecule has 11 heteroatoms. The summed E-state index contributed by atoms with van der Waals surface area (Å²) >= 11 is 0.924. The molecule has 0 saturated heterocycles. The van der Waals surface area contributed by atoms with Gasteiger partial charge in [-0.25, -0.2) is 9.19 Å². The molecule has 0 bridgehead atoms. The number of rotatable bonds is 6. The van der Waals surface area contributed by atoms with Crippen molar-refractivity contribution in [3.63, 3.8) is 0 Å². The Morgan fingerprint density at radius 2 is 1.87 bits per heavy atom. The summed E-state index contributed by atoms with van der Waals surface area (Å²) in [5.41, 5.74) is 7.94. The number of urea groups is 1. The van der Waals surface area contributed by atoms with E-state index in [2.05, 4.69) is 24.3 Å². The van der Waals surface area contributed by atoms with Gasteiger partial charge in [-0.3, -0.25) is 4.72 Å². The number of hydrogen-bond acceptors (Lipinski definition) is 6. The number of fused-ring (bicyclic) bond motifs is 3. The fraction of sp³-hybridized carbons (Fsp3) is 0.179. The number of ether oxygens (including phenoxy) is 1. The zero-order valence-electron chi connectivity index (χ0n) is 20.9. The first kappa shape index (κ1) is 26.4. The van der Waals surface area contributed by atoms with Crippen LogP contribution in [-0.2, 0) is 12.8 Å². The van der Waals surface area contributed by atoms with Gasteiger partial charge in [0.25, 0.3) is 0 Å². The smallest absolute Gasteiger partial charge is 0.406 e. The molecule has 200 valence electrons. The van der Waals surface area contributed by atoms with Crippen LogP contribution >= 0.6 is 12.1 Å². The van der Waals surface area contributed by atoms with Crippen molar-refractivity contribution < 1.29 is 27.2 Å². The summed E-state index contributed by atoms with van der Waals surface area (Å²) in [5.74, 6) is 0.232. The highest BCUT2D eigenvalue weighted by Gasteiger charge is 2.31. The standard InChI is InChI=1S/C28H23F3N4O3S/c1-16-3-12-24(17(2)13-16)33-27(36)35-39-32-15-18-4-10-22-20(14-18)7-11-23-25(22)34-38-26(23)19-5-8-21(9-6-19)37-28(29,30)31/h3-6,8-10,12-15H,7,11H2,1-2H3,(H2,33,35,36)/b32-15+. The molecule has 1 heterocycles. The Bertz CT molecular complexity index is 1550. The van der Waals surface area contributed by atoms with Crippen molar-refractivity contribution in [2.75, 3.05) is 5.32 Å². The molecule has 3 aromatic carbocycles. The summed E-state index contributed by atoms with van der Waals surface area (Å²) in [7, 11) is 0. The molecule has 39 heavy (non-hydrogen) atoms. The molecule has 0 radical (unpaired) electrons. The van der Waals surface area contributed by atoms with Crippen molar-refractivity contribution in [3.05, 3.63) is 88.5 Å². The fourth-order valence-corrected chi connectivity index (χ4v) is 4.80. The molecule has 1 aliphatic carbocycles. The van der Waals surface area contributed by atoms with Crippen LogP contribution in [0, 0.1) is 13.8 Å². The molecule has 0 aliphatic heterocycles. The third kappa shape index (κ3) is 6.26. The molecular formula is C28H23F3N4O3S. The molecule has 2 N–H and O–H groups in total. The maximum atomic E-state index is 12.4. The zero-order chi connectivity index (χ0) is 27.6. The van der Waals surface area contributed by atoms with E-state index in [0.717, 1.165) is 57.6 Å². The summed E-state index contributed by atoms with van der Waals surface area (Å²) in [6.07, 6.45) is -1.68. The molecule has 7 nitrogen and oxygen atoms in total.